The molecule has 0 saturated carbocycles. The van der Waals surface area contributed by atoms with Crippen LogP contribution < -0.4 is 4.90 Å². The van der Waals surface area contributed by atoms with Gasteiger partial charge in [0, 0.05) is 27.7 Å². The molecule has 10 aromatic carbocycles. The average Bonchev–Trinajstić information content (AvgIpc) is 3.87. The van der Waals surface area contributed by atoms with Gasteiger partial charge in [-0.15, -0.1) is 0 Å². The van der Waals surface area contributed by atoms with Gasteiger partial charge in [0.2, 0.25) is 5.71 Å². The fourth-order valence-electron chi connectivity index (χ4n) is 9.34. The predicted octanol–water partition coefficient (Wildman–Crippen LogP) is 16.3. The van der Waals surface area contributed by atoms with Crippen molar-refractivity contribution in [2.45, 2.75) is 0 Å². The van der Waals surface area contributed by atoms with E-state index in [1.54, 1.807) is 0 Å². The maximum Gasteiger partial charge on any atom is 0.213 e. The Bertz CT molecular complexity index is 3560. The van der Waals surface area contributed by atoms with E-state index in [-0.39, 0.29) is 0 Å². The minimum atomic E-state index is 0.857. The summed E-state index contributed by atoms with van der Waals surface area (Å²) >= 11 is 0. The molecule has 0 spiro atoms. The van der Waals surface area contributed by atoms with Crippen LogP contribution in [0.5, 0.6) is 0 Å². The van der Waals surface area contributed by atoms with E-state index in [0.29, 0.717) is 0 Å². The molecule has 0 saturated heterocycles. The Balaban J connectivity index is 1.01. The molecule has 12 aromatic rings. The van der Waals surface area contributed by atoms with Crippen LogP contribution in [0.15, 0.2) is 235 Å². The lowest BCUT2D eigenvalue weighted by Gasteiger charge is -2.28. The molecule has 61 heavy (non-hydrogen) atoms. The fraction of sp³-hybridized carbons (Fsp3) is 0. The maximum absolute atomic E-state index is 6.76. The van der Waals surface area contributed by atoms with Crippen molar-refractivity contribution < 1.29 is 4.42 Å². The number of hydrogen-bond acceptors (Lipinski definition) is 2. The van der Waals surface area contributed by atoms with Crippen LogP contribution in [-0.2, 0) is 0 Å². The third-order valence-electron chi connectivity index (χ3n) is 12.2. The largest absolute Gasteiger partial charge is 0.438 e. The van der Waals surface area contributed by atoms with Crippen LogP contribution in [0.25, 0.3) is 93.8 Å². The molecule has 0 unspecified atom stereocenters. The second-order valence-electron chi connectivity index (χ2n) is 15.7. The Hall–Kier alpha value is -8.14. The van der Waals surface area contributed by atoms with E-state index in [1.807, 2.05) is 0 Å². The Morgan fingerprint density at radius 1 is 0.361 bits per heavy atom. The highest BCUT2D eigenvalue weighted by atomic mass is 16.3. The Labute approximate surface area is 353 Å². The van der Waals surface area contributed by atoms with Gasteiger partial charge in [0.25, 0.3) is 0 Å². The Kier molecular flexibility index (Phi) is 8.17. The summed E-state index contributed by atoms with van der Waals surface area (Å²) in [6.07, 6.45) is 0. The molecule has 3 heteroatoms. The molecule has 0 amide bonds. The number of para-hydroxylation sites is 2. The smallest absolute Gasteiger partial charge is 0.213 e. The summed E-state index contributed by atoms with van der Waals surface area (Å²) in [7, 11) is 0. The average molecular weight is 779 g/mol. The minimum Gasteiger partial charge on any atom is -0.438 e. The van der Waals surface area contributed by atoms with Crippen LogP contribution in [0, 0.1) is 0 Å². The van der Waals surface area contributed by atoms with Gasteiger partial charge in [-0.25, -0.2) is 0 Å². The zero-order valence-corrected chi connectivity index (χ0v) is 33.2. The van der Waals surface area contributed by atoms with Crippen molar-refractivity contribution in [1.82, 2.24) is 4.40 Å². The number of fused-ring (bicyclic) bond motifs is 8. The van der Waals surface area contributed by atoms with Gasteiger partial charge < -0.3 is 9.32 Å². The normalized spacial score (nSPS) is 11.6. The van der Waals surface area contributed by atoms with E-state index in [2.05, 4.69) is 240 Å². The van der Waals surface area contributed by atoms with Crippen molar-refractivity contribution in [2.24, 2.45) is 0 Å². The van der Waals surface area contributed by atoms with Gasteiger partial charge >= 0.3 is 0 Å². The zero-order chi connectivity index (χ0) is 40.3. The van der Waals surface area contributed by atoms with Crippen LogP contribution in [0.2, 0.25) is 0 Å². The van der Waals surface area contributed by atoms with Crippen molar-refractivity contribution in [3.05, 3.63) is 231 Å². The Morgan fingerprint density at radius 3 is 1.62 bits per heavy atom. The highest BCUT2D eigenvalue weighted by Gasteiger charge is 2.23. The van der Waals surface area contributed by atoms with Crippen LogP contribution >= 0.6 is 0 Å². The molecule has 2 aromatic heterocycles. The summed E-state index contributed by atoms with van der Waals surface area (Å²) < 4.78 is 9.07. The third kappa shape index (κ3) is 5.82. The van der Waals surface area contributed by atoms with Crippen molar-refractivity contribution in [2.75, 3.05) is 4.90 Å². The van der Waals surface area contributed by atoms with Crippen LogP contribution in [0.1, 0.15) is 0 Å². The van der Waals surface area contributed by atoms with E-state index >= 15 is 0 Å². The molecule has 0 bridgehead atoms. The van der Waals surface area contributed by atoms with Gasteiger partial charge in [0.15, 0.2) is 5.58 Å². The quantitative estimate of drug-likeness (QED) is 0.150. The summed E-state index contributed by atoms with van der Waals surface area (Å²) in [5.41, 5.74) is 16.5. The zero-order valence-electron chi connectivity index (χ0n) is 33.2. The molecule has 3 nitrogen and oxygen atoms in total. The molecule has 286 valence electrons. The topological polar surface area (TPSA) is 20.8 Å². The fourth-order valence-corrected chi connectivity index (χ4v) is 9.34. The number of oxazole rings is 1. The SMILES string of the molecule is c1ccc(-c2cccc(-c3ccc(N(c4ccc(-c5cccc6oc7c(-c8ccccc8)c8ccccc8n7c56)cc4)c4cc5ccccc5c5ccccc45)cc3)c2)cc1. The Morgan fingerprint density at radius 2 is 0.902 bits per heavy atom. The first-order chi connectivity index (χ1) is 30.3. The van der Waals surface area contributed by atoms with Crippen LogP contribution in [-0.4, -0.2) is 4.40 Å². The van der Waals surface area contributed by atoms with Crippen molar-refractivity contribution in [3.63, 3.8) is 0 Å². The second-order valence-corrected chi connectivity index (χ2v) is 15.7. The van der Waals surface area contributed by atoms with Gasteiger partial charge in [-0.2, -0.15) is 0 Å². The van der Waals surface area contributed by atoms with Gasteiger partial charge in [-0.1, -0.05) is 182 Å². The molecule has 0 fully saturated rings. The number of anilines is 3. The monoisotopic (exact) mass is 778 g/mol. The van der Waals surface area contributed by atoms with Crippen molar-refractivity contribution >= 4 is 66.3 Å². The molecule has 12 rings (SSSR count). The summed E-state index contributed by atoms with van der Waals surface area (Å²) in [6, 6.07) is 82.8. The number of rotatable bonds is 7. The van der Waals surface area contributed by atoms with Gasteiger partial charge in [-0.05, 0) is 98.1 Å². The molecule has 0 aliphatic heterocycles. The molecule has 0 aliphatic carbocycles. The first kappa shape index (κ1) is 34.9. The van der Waals surface area contributed by atoms with E-state index in [1.165, 1.54) is 49.2 Å². The summed E-state index contributed by atoms with van der Waals surface area (Å²) in [6.45, 7) is 0. The van der Waals surface area contributed by atoms with Gasteiger partial charge in [0.05, 0.1) is 22.3 Å². The van der Waals surface area contributed by atoms with Crippen LogP contribution in [0.4, 0.5) is 17.1 Å². The number of aromatic nitrogens is 1. The highest BCUT2D eigenvalue weighted by molar-refractivity contribution is 6.15. The first-order valence-electron chi connectivity index (χ1n) is 20.8. The highest BCUT2D eigenvalue weighted by Crippen LogP contribution is 2.45. The third-order valence-corrected chi connectivity index (χ3v) is 12.2. The predicted molar refractivity (Wildman–Crippen MR) is 256 cm³/mol. The molecule has 0 aliphatic rings. The molecule has 0 N–H and O–H groups in total. The van der Waals surface area contributed by atoms with E-state index in [0.717, 1.165) is 61.6 Å². The van der Waals surface area contributed by atoms with Gasteiger partial charge in [0.1, 0.15) is 0 Å². The maximum atomic E-state index is 6.76. The second kappa shape index (κ2) is 14.3. The van der Waals surface area contributed by atoms with Crippen molar-refractivity contribution in [1.29, 1.82) is 0 Å². The number of hydrogen-bond donors (Lipinski definition) is 0. The standard InChI is InChI=1S/C58H38N2O/c1-3-15-39(16-4-1)43-20-13-21-44(37-43)40-29-33-46(34-30-40)59(54-38-45-19-7-8-22-48(45)50-23-9-10-24-51(50)54)47-35-31-41(32-36-47)49-26-14-28-55-57(49)60-53-27-12-11-25-52(53)56(58(60)61-55)42-17-5-2-6-18-42/h1-38H. The number of benzene rings is 10. The summed E-state index contributed by atoms with van der Waals surface area (Å²) in [5.74, 6) is 0. The lowest BCUT2D eigenvalue weighted by Crippen LogP contribution is -2.10. The molecule has 2 heterocycles. The van der Waals surface area contributed by atoms with Crippen LogP contribution in [0.3, 0.4) is 0 Å². The van der Waals surface area contributed by atoms with E-state index in [9.17, 15) is 0 Å². The molecular formula is C58H38N2O. The molecular weight excluding hydrogens is 741 g/mol. The lowest BCUT2D eigenvalue weighted by molar-refractivity contribution is 0.658. The molecule has 0 radical (unpaired) electrons. The van der Waals surface area contributed by atoms with Crippen molar-refractivity contribution in [3.8, 4) is 44.5 Å². The lowest BCUT2D eigenvalue weighted by atomic mass is 9.97. The number of nitrogens with zero attached hydrogens (tertiary/aromatic N) is 2. The summed E-state index contributed by atoms with van der Waals surface area (Å²) in [5, 5.41) is 6.06. The van der Waals surface area contributed by atoms with E-state index in [4.69, 9.17) is 4.42 Å². The first-order valence-corrected chi connectivity index (χ1v) is 20.8. The minimum absolute atomic E-state index is 0.857. The summed E-state index contributed by atoms with van der Waals surface area (Å²) in [4.78, 5) is 2.41. The van der Waals surface area contributed by atoms with E-state index < -0.39 is 0 Å². The molecule has 0 atom stereocenters. The van der Waals surface area contributed by atoms with Gasteiger partial charge in [-0.3, -0.25) is 4.40 Å².